The van der Waals surface area contributed by atoms with E-state index in [-0.39, 0.29) is 0 Å². The fraction of sp³-hybridized carbons (Fsp3) is 0.583. The van der Waals surface area contributed by atoms with E-state index in [0.29, 0.717) is 5.92 Å². The second-order valence-corrected chi connectivity index (χ2v) is 3.96. The zero-order chi connectivity index (χ0) is 10.4. The highest BCUT2D eigenvalue weighted by Crippen LogP contribution is 2.13. The first kappa shape index (κ1) is 11.2. The van der Waals surface area contributed by atoms with Crippen LogP contribution in [0.1, 0.15) is 44.2 Å². The molecule has 0 amide bonds. The van der Waals surface area contributed by atoms with Crippen molar-refractivity contribution >= 4 is 0 Å². The number of pyridine rings is 1. The molecule has 2 heteroatoms. The van der Waals surface area contributed by atoms with Gasteiger partial charge in [0.05, 0.1) is 0 Å². The van der Waals surface area contributed by atoms with E-state index in [0.717, 1.165) is 13.1 Å². The Morgan fingerprint density at radius 1 is 1.36 bits per heavy atom. The highest BCUT2D eigenvalue weighted by molar-refractivity contribution is 5.20. The van der Waals surface area contributed by atoms with E-state index < -0.39 is 0 Å². The maximum atomic E-state index is 4.24. The van der Waals surface area contributed by atoms with Crippen molar-refractivity contribution in [2.75, 3.05) is 6.54 Å². The maximum Gasteiger partial charge on any atom is 0.0313 e. The van der Waals surface area contributed by atoms with Crippen molar-refractivity contribution in [3.05, 3.63) is 29.6 Å². The minimum absolute atomic E-state index is 0.564. The molecule has 0 spiro atoms. The van der Waals surface area contributed by atoms with Gasteiger partial charge in [-0.2, -0.15) is 0 Å². The zero-order valence-electron chi connectivity index (χ0n) is 9.38. The van der Waals surface area contributed by atoms with Crippen LogP contribution in [-0.2, 0) is 6.54 Å². The van der Waals surface area contributed by atoms with Gasteiger partial charge in [-0.3, -0.25) is 4.98 Å². The van der Waals surface area contributed by atoms with Crippen LogP contribution in [0.3, 0.4) is 0 Å². The average Bonchev–Trinajstić information content (AvgIpc) is 2.19. The number of rotatable bonds is 5. The summed E-state index contributed by atoms with van der Waals surface area (Å²) >= 11 is 0. The minimum Gasteiger partial charge on any atom is -0.313 e. The van der Waals surface area contributed by atoms with E-state index in [9.17, 15) is 0 Å². The lowest BCUT2D eigenvalue weighted by molar-refractivity contribution is 0.672. The van der Waals surface area contributed by atoms with Gasteiger partial charge in [0.1, 0.15) is 0 Å². The molecule has 0 bridgehead atoms. The van der Waals surface area contributed by atoms with Gasteiger partial charge in [-0.05, 0) is 30.0 Å². The van der Waals surface area contributed by atoms with Gasteiger partial charge in [-0.15, -0.1) is 0 Å². The molecule has 1 aromatic rings. The predicted octanol–water partition coefficient (Wildman–Crippen LogP) is 2.70. The molecular formula is C12H20N2. The molecule has 14 heavy (non-hydrogen) atoms. The molecule has 1 aromatic heterocycles. The number of hydrogen-bond acceptors (Lipinski definition) is 2. The summed E-state index contributed by atoms with van der Waals surface area (Å²) in [5.41, 5.74) is 2.60. The minimum atomic E-state index is 0.564. The number of aromatic nitrogens is 1. The molecule has 0 unspecified atom stereocenters. The third-order valence-electron chi connectivity index (χ3n) is 2.24. The van der Waals surface area contributed by atoms with Crippen LogP contribution in [0.15, 0.2) is 18.5 Å². The summed E-state index contributed by atoms with van der Waals surface area (Å²) in [4.78, 5) is 4.24. The van der Waals surface area contributed by atoms with Gasteiger partial charge in [-0.25, -0.2) is 0 Å². The summed E-state index contributed by atoms with van der Waals surface area (Å²) in [5, 5.41) is 3.38. The predicted molar refractivity (Wildman–Crippen MR) is 60.3 cm³/mol. The topological polar surface area (TPSA) is 24.9 Å². The highest BCUT2D eigenvalue weighted by Gasteiger charge is 2.00. The summed E-state index contributed by atoms with van der Waals surface area (Å²) in [5.74, 6) is 0.564. The van der Waals surface area contributed by atoms with E-state index in [1.165, 1.54) is 17.5 Å². The Morgan fingerprint density at radius 3 is 2.79 bits per heavy atom. The summed E-state index contributed by atoms with van der Waals surface area (Å²) in [6.07, 6.45) is 5.07. The first-order valence-electron chi connectivity index (χ1n) is 5.38. The summed E-state index contributed by atoms with van der Waals surface area (Å²) in [7, 11) is 0. The summed E-state index contributed by atoms with van der Waals surface area (Å²) in [6.45, 7) is 8.57. The lowest BCUT2D eigenvalue weighted by Gasteiger charge is -2.07. The molecule has 0 aliphatic heterocycles. The van der Waals surface area contributed by atoms with Crippen LogP contribution in [0.5, 0.6) is 0 Å². The van der Waals surface area contributed by atoms with Crippen molar-refractivity contribution in [1.29, 1.82) is 0 Å². The monoisotopic (exact) mass is 192 g/mol. The van der Waals surface area contributed by atoms with Crippen molar-refractivity contribution in [1.82, 2.24) is 10.3 Å². The van der Waals surface area contributed by atoms with Crippen molar-refractivity contribution < 1.29 is 0 Å². The lowest BCUT2D eigenvalue weighted by atomic mass is 10.0. The van der Waals surface area contributed by atoms with Gasteiger partial charge in [-0.1, -0.05) is 26.8 Å². The molecule has 1 rings (SSSR count). The van der Waals surface area contributed by atoms with Gasteiger partial charge < -0.3 is 5.32 Å². The first-order valence-corrected chi connectivity index (χ1v) is 5.38. The molecule has 0 saturated carbocycles. The molecule has 0 atom stereocenters. The van der Waals surface area contributed by atoms with Gasteiger partial charge in [0.25, 0.3) is 0 Å². The van der Waals surface area contributed by atoms with E-state index in [4.69, 9.17) is 0 Å². The van der Waals surface area contributed by atoms with Crippen LogP contribution in [0.4, 0.5) is 0 Å². The van der Waals surface area contributed by atoms with Crippen LogP contribution >= 0.6 is 0 Å². The fourth-order valence-electron chi connectivity index (χ4n) is 1.33. The second-order valence-electron chi connectivity index (χ2n) is 3.96. The maximum absolute atomic E-state index is 4.24. The molecule has 0 radical (unpaired) electrons. The van der Waals surface area contributed by atoms with E-state index >= 15 is 0 Å². The zero-order valence-corrected chi connectivity index (χ0v) is 9.38. The standard InChI is InChI=1S/C12H20N2/c1-4-5-13-7-11-6-12(10(2)3)9-14-8-11/h6,8-10,13H,4-5,7H2,1-3H3. The van der Waals surface area contributed by atoms with Crippen molar-refractivity contribution in [3.63, 3.8) is 0 Å². The number of nitrogens with one attached hydrogen (secondary N) is 1. The Labute approximate surface area is 86.8 Å². The molecule has 78 valence electrons. The van der Waals surface area contributed by atoms with E-state index in [1.54, 1.807) is 0 Å². The molecule has 0 saturated heterocycles. The van der Waals surface area contributed by atoms with Gasteiger partial charge in [0.2, 0.25) is 0 Å². The molecular weight excluding hydrogens is 172 g/mol. The third-order valence-corrected chi connectivity index (χ3v) is 2.24. The van der Waals surface area contributed by atoms with Crippen LogP contribution in [0, 0.1) is 0 Å². The molecule has 1 N–H and O–H groups in total. The normalized spacial score (nSPS) is 10.9. The van der Waals surface area contributed by atoms with Crippen LogP contribution in [-0.4, -0.2) is 11.5 Å². The highest BCUT2D eigenvalue weighted by atomic mass is 14.8. The van der Waals surface area contributed by atoms with Crippen LogP contribution < -0.4 is 5.32 Å². The van der Waals surface area contributed by atoms with E-state index in [2.05, 4.69) is 37.1 Å². The Bertz CT molecular complexity index is 269. The molecule has 0 fully saturated rings. The van der Waals surface area contributed by atoms with Crippen molar-refractivity contribution in [2.24, 2.45) is 0 Å². The van der Waals surface area contributed by atoms with Crippen molar-refractivity contribution in [2.45, 2.75) is 39.7 Å². The SMILES string of the molecule is CCCNCc1cncc(C(C)C)c1. The number of nitrogens with zero attached hydrogens (tertiary/aromatic N) is 1. The average molecular weight is 192 g/mol. The summed E-state index contributed by atoms with van der Waals surface area (Å²) < 4.78 is 0. The van der Waals surface area contributed by atoms with Gasteiger partial charge >= 0.3 is 0 Å². The van der Waals surface area contributed by atoms with Crippen LogP contribution in [0.2, 0.25) is 0 Å². The Kier molecular flexibility index (Phi) is 4.60. The molecule has 0 aliphatic carbocycles. The summed E-state index contributed by atoms with van der Waals surface area (Å²) in [6, 6.07) is 2.24. The Morgan fingerprint density at radius 2 is 2.14 bits per heavy atom. The molecule has 1 heterocycles. The molecule has 0 aliphatic rings. The smallest absolute Gasteiger partial charge is 0.0313 e. The first-order chi connectivity index (χ1) is 6.74. The quantitative estimate of drug-likeness (QED) is 0.726. The number of hydrogen-bond donors (Lipinski definition) is 1. The van der Waals surface area contributed by atoms with Gasteiger partial charge in [0, 0.05) is 18.9 Å². The van der Waals surface area contributed by atoms with Crippen molar-refractivity contribution in [3.8, 4) is 0 Å². The Balaban J connectivity index is 2.55. The fourth-order valence-corrected chi connectivity index (χ4v) is 1.33. The lowest BCUT2D eigenvalue weighted by Crippen LogP contribution is -2.14. The van der Waals surface area contributed by atoms with E-state index in [1.807, 2.05) is 12.4 Å². The second kappa shape index (κ2) is 5.76. The third kappa shape index (κ3) is 3.46. The largest absolute Gasteiger partial charge is 0.313 e. The Hall–Kier alpha value is -0.890. The van der Waals surface area contributed by atoms with Gasteiger partial charge in [0.15, 0.2) is 0 Å². The molecule has 2 nitrogen and oxygen atoms in total. The molecule has 0 aromatic carbocycles. The van der Waals surface area contributed by atoms with Crippen LogP contribution in [0.25, 0.3) is 0 Å².